The molecule has 0 amide bonds. The minimum atomic E-state index is -4.33. The molecule has 0 aromatic carbocycles. The zero-order chi connectivity index (χ0) is 11.0. The molecule has 0 unspecified atom stereocenters. The van der Waals surface area contributed by atoms with Crippen molar-refractivity contribution >= 4 is 7.82 Å². The first kappa shape index (κ1) is 14.0. The van der Waals surface area contributed by atoms with Gasteiger partial charge in [-0.3, -0.25) is 4.52 Å². The Balaban J connectivity index is 3.57. The van der Waals surface area contributed by atoms with Crippen molar-refractivity contribution < 1.29 is 24.0 Å². The van der Waals surface area contributed by atoms with Crippen molar-refractivity contribution in [2.24, 2.45) is 0 Å². The van der Waals surface area contributed by atoms with Gasteiger partial charge in [0, 0.05) is 19.7 Å². The Kier molecular flexibility index (Phi) is 7.35. The number of phosphoric ester groups is 1. The summed E-state index contributed by atoms with van der Waals surface area (Å²) in [4.78, 5) is 18.8. The van der Waals surface area contributed by atoms with E-state index in [2.05, 4.69) is 4.52 Å². The summed E-state index contributed by atoms with van der Waals surface area (Å²) in [6, 6.07) is 0. The number of phosphoric acid groups is 1. The highest BCUT2D eigenvalue weighted by Gasteiger charge is 2.13. The van der Waals surface area contributed by atoms with Gasteiger partial charge in [-0.2, -0.15) is 0 Å². The highest BCUT2D eigenvalue weighted by molar-refractivity contribution is 7.46. The highest BCUT2D eigenvalue weighted by atomic mass is 31.2. The average molecular weight is 227 g/mol. The predicted octanol–water partition coefficient (Wildman–Crippen LogP) is -0.200. The minimum absolute atomic E-state index is 0.00352. The first-order valence-corrected chi connectivity index (χ1v) is 6.06. The van der Waals surface area contributed by atoms with Crippen LogP contribution in [-0.4, -0.2) is 52.6 Å². The zero-order valence-electron chi connectivity index (χ0n) is 8.30. The number of hydrogen-bond acceptors (Lipinski definition) is 4. The molecule has 0 bridgehead atoms. The topological polar surface area (TPSA) is 90.2 Å². The van der Waals surface area contributed by atoms with Crippen LogP contribution in [0.25, 0.3) is 0 Å². The second-order valence-corrected chi connectivity index (χ2v) is 4.07. The summed E-state index contributed by atoms with van der Waals surface area (Å²) < 4.78 is 14.6. The van der Waals surface area contributed by atoms with E-state index in [4.69, 9.17) is 14.9 Å². The lowest BCUT2D eigenvalue weighted by atomic mass is 10.4. The molecule has 3 N–H and O–H groups in total. The van der Waals surface area contributed by atoms with Crippen molar-refractivity contribution in [3.63, 3.8) is 0 Å². The van der Waals surface area contributed by atoms with E-state index in [0.717, 1.165) is 6.54 Å². The molecule has 0 fully saturated rings. The van der Waals surface area contributed by atoms with Gasteiger partial charge in [-0.05, 0) is 13.0 Å². The second-order valence-electron chi connectivity index (χ2n) is 2.84. The molecule has 0 spiro atoms. The van der Waals surface area contributed by atoms with Gasteiger partial charge < -0.3 is 19.8 Å². The molecule has 0 rings (SSSR count). The van der Waals surface area contributed by atoms with Crippen LogP contribution >= 0.6 is 7.82 Å². The van der Waals surface area contributed by atoms with Crippen molar-refractivity contribution in [3.05, 3.63) is 0 Å². The maximum atomic E-state index is 10.3. The Labute approximate surface area is 83.7 Å². The Morgan fingerprint density at radius 3 is 2.43 bits per heavy atom. The zero-order valence-corrected chi connectivity index (χ0v) is 9.19. The van der Waals surface area contributed by atoms with E-state index in [-0.39, 0.29) is 13.2 Å². The van der Waals surface area contributed by atoms with Gasteiger partial charge in [0.15, 0.2) is 0 Å². The molecule has 7 heteroatoms. The molecule has 0 saturated heterocycles. The number of hydrogen-bond donors (Lipinski definition) is 3. The lowest BCUT2D eigenvalue weighted by Crippen LogP contribution is -2.28. The van der Waals surface area contributed by atoms with Crippen LogP contribution in [0.15, 0.2) is 0 Å². The monoisotopic (exact) mass is 227 g/mol. The quantitative estimate of drug-likeness (QED) is 0.497. The van der Waals surface area contributed by atoms with E-state index in [1.165, 1.54) is 0 Å². The van der Waals surface area contributed by atoms with Crippen molar-refractivity contribution in [1.82, 2.24) is 4.90 Å². The van der Waals surface area contributed by atoms with E-state index in [9.17, 15) is 4.57 Å². The number of likely N-dealkylation sites (N-methyl/N-ethyl adjacent to an activating group) is 1. The largest absolute Gasteiger partial charge is 0.469 e. The van der Waals surface area contributed by atoms with Gasteiger partial charge in [-0.1, -0.05) is 6.92 Å². The van der Waals surface area contributed by atoms with E-state index in [1.807, 2.05) is 11.8 Å². The Bertz CT molecular complexity index is 183. The summed E-state index contributed by atoms with van der Waals surface area (Å²) in [6.07, 6.45) is 0.656. The summed E-state index contributed by atoms with van der Waals surface area (Å²) in [6.45, 7) is 4.00. The van der Waals surface area contributed by atoms with Crippen molar-refractivity contribution in [2.75, 3.05) is 32.8 Å². The van der Waals surface area contributed by atoms with E-state index >= 15 is 0 Å². The third-order valence-corrected chi connectivity index (χ3v) is 2.27. The normalized spacial score (nSPS) is 12.4. The molecular formula is C7H18NO5P. The van der Waals surface area contributed by atoms with E-state index < -0.39 is 7.82 Å². The smallest absolute Gasteiger partial charge is 0.396 e. The summed E-state index contributed by atoms with van der Waals surface area (Å²) in [5.41, 5.74) is 0. The predicted molar refractivity (Wildman–Crippen MR) is 51.8 cm³/mol. The summed E-state index contributed by atoms with van der Waals surface area (Å²) in [7, 11) is -4.33. The maximum Gasteiger partial charge on any atom is 0.469 e. The van der Waals surface area contributed by atoms with Gasteiger partial charge in [0.25, 0.3) is 0 Å². The van der Waals surface area contributed by atoms with Crippen LogP contribution in [0.3, 0.4) is 0 Å². The molecular weight excluding hydrogens is 209 g/mol. The molecule has 0 atom stereocenters. The minimum Gasteiger partial charge on any atom is -0.396 e. The SMILES string of the molecule is CCN(CCCO)CCOP(=O)(O)O. The van der Waals surface area contributed by atoms with Crippen molar-refractivity contribution in [3.8, 4) is 0 Å². The molecule has 0 aliphatic carbocycles. The molecule has 0 aliphatic rings. The van der Waals surface area contributed by atoms with Gasteiger partial charge in [0.2, 0.25) is 0 Å². The molecule has 0 saturated carbocycles. The van der Waals surface area contributed by atoms with Gasteiger partial charge >= 0.3 is 7.82 Å². The molecule has 0 aliphatic heterocycles. The first-order valence-electron chi connectivity index (χ1n) is 4.53. The van der Waals surface area contributed by atoms with Gasteiger partial charge in [-0.25, -0.2) is 4.57 Å². The molecule has 6 nitrogen and oxygen atoms in total. The fraction of sp³-hybridized carbons (Fsp3) is 1.00. The van der Waals surface area contributed by atoms with Gasteiger partial charge in [0.05, 0.1) is 6.61 Å². The van der Waals surface area contributed by atoms with Crippen LogP contribution in [0, 0.1) is 0 Å². The fourth-order valence-electron chi connectivity index (χ4n) is 1.01. The molecule has 0 aromatic rings. The lowest BCUT2D eigenvalue weighted by molar-refractivity contribution is 0.157. The van der Waals surface area contributed by atoms with Crippen LogP contribution < -0.4 is 0 Å². The summed E-state index contributed by atoms with van der Waals surface area (Å²) >= 11 is 0. The van der Waals surface area contributed by atoms with Gasteiger partial charge in [-0.15, -0.1) is 0 Å². The third-order valence-electron chi connectivity index (χ3n) is 1.75. The molecule has 86 valence electrons. The number of aliphatic hydroxyl groups excluding tert-OH is 1. The lowest BCUT2D eigenvalue weighted by Gasteiger charge is -2.19. The Hall–Kier alpha value is 0.0300. The van der Waals surface area contributed by atoms with Crippen molar-refractivity contribution in [1.29, 1.82) is 0 Å². The molecule has 0 aromatic heterocycles. The Morgan fingerprint density at radius 2 is 2.00 bits per heavy atom. The van der Waals surface area contributed by atoms with Crippen LogP contribution in [0.2, 0.25) is 0 Å². The fourth-order valence-corrected chi connectivity index (χ4v) is 1.33. The first-order chi connectivity index (χ1) is 6.49. The van der Waals surface area contributed by atoms with Crippen LogP contribution in [0.1, 0.15) is 13.3 Å². The van der Waals surface area contributed by atoms with E-state index in [0.29, 0.717) is 19.5 Å². The summed E-state index contributed by atoms with van der Waals surface area (Å²) in [5, 5.41) is 8.58. The van der Waals surface area contributed by atoms with Gasteiger partial charge in [0.1, 0.15) is 0 Å². The van der Waals surface area contributed by atoms with Crippen molar-refractivity contribution in [2.45, 2.75) is 13.3 Å². The second kappa shape index (κ2) is 7.34. The highest BCUT2D eigenvalue weighted by Crippen LogP contribution is 2.35. The average Bonchev–Trinajstić information content (AvgIpc) is 2.09. The molecule has 0 heterocycles. The van der Waals surface area contributed by atoms with Crippen LogP contribution in [0.4, 0.5) is 0 Å². The number of aliphatic hydroxyl groups is 1. The molecule has 0 radical (unpaired) electrons. The van der Waals surface area contributed by atoms with Crippen LogP contribution in [-0.2, 0) is 9.09 Å². The van der Waals surface area contributed by atoms with E-state index in [1.54, 1.807) is 0 Å². The van der Waals surface area contributed by atoms with Crippen LogP contribution in [0.5, 0.6) is 0 Å². The number of nitrogens with zero attached hydrogens (tertiary/aromatic N) is 1. The number of rotatable bonds is 8. The third kappa shape index (κ3) is 8.62. The summed E-state index contributed by atoms with van der Waals surface area (Å²) in [5.74, 6) is 0. The Morgan fingerprint density at radius 1 is 1.36 bits per heavy atom. The standard InChI is InChI=1S/C7H18NO5P/c1-2-8(4-3-6-9)5-7-13-14(10,11)12/h9H,2-7H2,1H3,(H2,10,11,12). The maximum absolute atomic E-state index is 10.3. The molecule has 14 heavy (non-hydrogen) atoms.